The zero-order chi connectivity index (χ0) is 28.3. The van der Waals surface area contributed by atoms with Gasteiger partial charge in [0.25, 0.3) is 5.91 Å². The molecule has 0 aromatic heterocycles. The van der Waals surface area contributed by atoms with Crippen LogP contribution in [0.25, 0.3) is 11.1 Å². The van der Waals surface area contributed by atoms with E-state index >= 15 is 0 Å². The van der Waals surface area contributed by atoms with E-state index in [0.29, 0.717) is 33.7 Å². The summed E-state index contributed by atoms with van der Waals surface area (Å²) in [5.74, 6) is -0.440. The molecule has 0 aliphatic carbocycles. The first kappa shape index (κ1) is 28.0. The van der Waals surface area contributed by atoms with Crippen molar-refractivity contribution in [2.24, 2.45) is 5.16 Å². The Morgan fingerprint density at radius 3 is 2.46 bits per heavy atom. The molecule has 0 fully saturated rings. The third-order valence-corrected chi connectivity index (χ3v) is 7.79. The zero-order valence-electron chi connectivity index (χ0n) is 22.2. The van der Waals surface area contributed by atoms with Crippen LogP contribution in [0.5, 0.6) is 0 Å². The summed E-state index contributed by atoms with van der Waals surface area (Å²) in [6, 6.07) is 22.7. The van der Waals surface area contributed by atoms with E-state index < -0.39 is 27.1 Å². The van der Waals surface area contributed by atoms with E-state index in [2.05, 4.69) is 21.3 Å². The van der Waals surface area contributed by atoms with Gasteiger partial charge in [-0.25, -0.2) is 13.1 Å². The highest BCUT2D eigenvalue weighted by molar-refractivity contribution is 7.89. The highest BCUT2D eigenvalue weighted by Crippen LogP contribution is 2.31. The fourth-order valence-corrected chi connectivity index (χ4v) is 5.92. The molecule has 39 heavy (non-hydrogen) atoms. The van der Waals surface area contributed by atoms with Gasteiger partial charge in [0.05, 0.1) is 28.8 Å². The van der Waals surface area contributed by atoms with Crippen molar-refractivity contribution in [3.05, 3.63) is 83.9 Å². The molecule has 0 saturated carbocycles. The predicted octanol–water partition coefficient (Wildman–Crippen LogP) is 4.45. The van der Waals surface area contributed by atoms with Crippen LogP contribution in [-0.2, 0) is 24.4 Å². The Hall–Kier alpha value is -4.04. The minimum atomic E-state index is -3.76. The molecule has 1 aliphatic rings. The highest BCUT2D eigenvalue weighted by atomic mass is 32.2. The zero-order valence-corrected chi connectivity index (χ0v) is 23.0. The molecule has 1 heterocycles. The number of hydrogen-bond acceptors (Lipinski definition) is 7. The number of methoxy groups -OCH3 is 1. The summed E-state index contributed by atoms with van der Waals surface area (Å²) < 4.78 is 34.1. The normalized spacial score (nSPS) is 17.2. The van der Waals surface area contributed by atoms with Gasteiger partial charge in [-0.1, -0.05) is 47.6 Å². The molecule has 0 radical (unpaired) electrons. The first-order valence-corrected chi connectivity index (χ1v) is 13.7. The number of oxime groups is 1. The van der Waals surface area contributed by atoms with Crippen molar-refractivity contribution in [2.75, 3.05) is 19.0 Å². The lowest BCUT2D eigenvalue weighted by molar-refractivity contribution is -0.144. The average Bonchev–Trinajstić information content (AvgIpc) is 3.34. The summed E-state index contributed by atoms with van der Waals surface area (Å²) >= 11 is 0. The van der Waals surface area contributed by atoms with E-state index in [1.807, 2.05) is 0 Å². The Kier molecular flexibility index (Phi) is 7.88. The number of amides is 1. The van der Waals surface area contributed by atoms with Crippen LogP contribution in [0, 0.1) is 11.3 Å². The maximum Gasteiger partial charge on any atom is 0.274 e. The number of rotatable bonds is 8. The summed E-state index contributed by atoms with van der Waals surface area (Å²) in [6.07, 6.45) is 0.158. The number of carbonyl (C=O) groups is 1. The predicted molar refractivity (Wildman–Crippen MR) is 149 cm³/mol. The van der Waals surface area contributed by atoms with Crippen molar-refractivity contribution in [1.82, 2.24) is 4.72 Å². The van der Waals surface area contributed by atoms with Crippen LogP contribution >= 0.6 is 0 Å². The molecule has 1 aliphatic heterocycles. The first-order valence-electron chi connectivity index (χ1n) is 12.3. The van der Waals surface area contributed by atoms with Gasteiger partial charge in [0, 0.05) is 35.9 Å². The molecule has 2 N–H and O–H groups in total. The second-order valence-electron chi connectivity index (χ2n) is 10.3. The van der Waals surface area contributed by atoms with Crippen molar-refractivity contribution < 1.29 is 22.8 Å². The van der Waals surface area contributed by atoms with Gasteiger partial charge in [-0.2, -0.15) is 5.26 Å². The summed E-state index contributed by atoms with van der Waals surface area (Å²) in [7, 11) is -2.29. The van der Waals surface area contributed by atoms with Gasteiger partial charge >= 0.3 is 0 Å². The van der Waals surface area contributed by atoms with Crippen LogP contribution in [0.1, 0.15) is 38.3 Å². The van der Waals surface area contributed by atoms with Crippen molar-refractivity contribution in [1.29, 1.82) is 5.26 Å². The highest BCUT2D eigenvalue weighted by Gasteiger charge is 2.47. The number of sulfonamides is 1. The number of nitrogens with one attached hydrogen (secondary N) is 2. The number of nitriles is 1. The average molecular weight is 547 g/mol. The molecule has 0 bridgehead atoms. The van der Waals surface area contributed by atoms with Crippen LogP contribution in [0.15, 0.2) is 82.8 Å². The molecule has 1 atom stereocenters. The Bertz CT molecular complexity index is 1550. The fraction of sp³-hybridized carbons (Fsp3) is 0.276. The fourth-order valence-electron chi connectivity index (χ4n) is 4.27. The van der Waals surface area contributed by atoms with Gasteiger partial charge in [0.2, 0.25) is 15.6 Å². The summed E-state index contributed by atoms with van der Waals surface area (Å²) in [5.41, 5.74) is 1.40. The number of carbonyl (C=O) groups excluding carboxylic acids is 1. The number of ether oxygens (including phenoxy) is 1. The van der Waals surface area contributed by atoms with Crippen molar-refractivity contribution in [2.45, 2.75) is 43.2 Å². The molecule has 3 aromatic rings. The van der Waals surface area contributed by atoms with E-state index in [1.54, 1.807) is 93.6 Å². The molecule has 0 saturated heterocycles. The lowest BCUT2D eigenvalue weighted by atomic mass is 9.93. The van der Waals surface area contributed by atoms with Crippen molar-refractivity contribution in [3.63, 3.8) is 0 Å². The molecule has 3 aromatic carbocycles. The standard InChI is InChI=1S/C29H30N4O5S/c1-28(2,3)33-39(35,36)26-11-6-5-10-24(26)21-12-14-23(15-13-21)31-27(34)29(19-37-4)17-25(32-38-29)22-9-7-8-20(16-22)18-30/h5-16,33H,17,19H2,1-4H3,(H,31,34). The topological polar surface area (TPSA) is 130 Å². The van der Waals surface area contributed by atoms with Crippen LogP contribution < -0.4 is 10.0 Å². The summed E-state index contributed by atoms with van der Waals surface area (Å²) in [6.45, 7) is 5.32. The largest absolute Gasteiger partial charge is 0.380 e. The van der Waals surface area contributed by atoms with Gasteiger partial charge < -0.3 is 14.9 Å². The smallest absolute Gasteiger partial charge is 0.274 e. The third-order valence-electron chi connectivity index (χ3n) is 5.97. The van der Waals surface area contributed by atoms with Gasteiger partial charge in [-0.15, -0.1) is 0 Å². The summed E-state index contributed by atoms with van der Waals surface area (Å²) in [5, 5.41) is 16.2. The Morgan fingerprint density at radius 1 is 1.08 bits per heavy atom. The van der Waals surface area contributed by atoms with E-state index in [9.17, 15) is 18.5 Å². The molecular formula is C29H30N4O5S. The van der Waals surface area contributed by atoms with Crippen LogP contribution in [0.4, 0.5) is 5.69 Å². The molecule has 10 heteroatoms. The Balaban J connectivity index is 1.54. The summed E-state index contributed by atoms with van der Waals surface area (Å²) in [4.78, 5) is 19.2. The molecule has 4 rings (SSSR count). The second kappa shape index (κ2) is 11.0. The van der Waals surface area contributed by atoms with Crippen molar-refractivity contribution >= 4 is 27.3 Å². The third kappa shape index (κ3) is 6.34. The number of benzene rings is 3. The lowest BCUT2D eigenvalue weighted by Crippen LogP contribution is -2.47. The monoisotopic (exact) mass is 546 g/mol. The van der Waals surface area contributed by atoms with Crippen molar-refractivity contribution in [3.8, 4) is 17.2 Å². The lowest BCUT2D eigenvalue weighted by Gasteiger charge is -2.24. The minimum Gasteiger partial charge on any atom is -0.380 e. The quantitative estimate of drug-likeness (QED) is 0.429. The van der Waals surface area contributed by atoms with E-state index in [-0.39, 0.29) is 17.9 Å². The van der Waals surface area contributed by atoms with Gasteiger partial charge in [-0.05, 0) is 56.7 Å². The van der Waals surface area contributed by atoms with E-state index in [0.717, 1.165) is 0 Å². The second-order valence-corrected chi connectivity index (χ2v) is 12.0. The van der Waals surface area contributed by atoms with Gasteiger partial charge in [-0.3, -0.25) is 4.79 Å². The Labute approximate surface area is 228 Å². The van der Waals surface area contributed by atoms with Crippen LogP contribution in [0.3, 0.4) is 0 Å². The van der Waals surface area contributed by atoms with Crippen LogP contribution in [0.2, 0.25) is 0 Å². The van der Waals surface area contributed by atoms with E-state index in [4.69, 9.17) is 9.57 Å². The molecule has 1 amide bonds. The van der Waals surface area contributed by atoms with Crippen LogP contribution in [-0.4, -0.2) is 44.9 Å². The molecule has 1 unspecified atom stereocenters. The van der Waals surface area contributed by atoms with E-state index in [1.165, 1.54) is 7.11 Å². The molecule has 9 nitrogen and oxygen atoms in total. The Morgan fingerprint density at radius 2 is 1.79 bits per heavy atom. The molecule has 0 spiro atoms. The number of hydrogen-bond donors (Lipinski definition) is 2. The number of nitrogens with zero attached hydrogens (tertiary/aromatic N) is 2. The van der Waals surface area contributed by atoms with Gasteiger partial charge in [0.15, 0.2) is 0 Å². The minimum absolute atomic E-state index is 0.0339. The molecule has 202 valence electrons. The maximum absolute atomic E-state index is 13.4. The molecular weight excluding hydrogens is 516 g/mol. The SMILES string of the molecule is COCC1(C(=O)Nc2ccc(-c3ccccc3S(=O)(=O)NC(C)(C)C)cc2)CC(c2cccc(C#N)c2)=NO1. The maximum atomic E-state index is 13.4. The number of anilines is 1. The van der Waals surface area contributed by atoms with Gasteiger partial charge in [0.1, 0.15) is 0 Å². The first-order chi connectivity index (χ1) is 18.5.